The van der Waals surface area contributed by atoms with Crippen LogP contribution in [0.3, 0.4) is 0 Å². The molecule has 1 atom stereocenters. The molecule has 1 aliphatic rings. The average Bonchev–Trinajstić information content (AvgIpc) is 2.58. The van der Waals surface area contributed by atoms with Crippen molar-refractivity contribution in [3.05, 3.63) is 23.8 Å². The van der Waals surface area contributed by atoms with E-state index in [4.69, 9.17) is 0 Å². The maximum atomic E-state index is 11.4. The van der Waals surface area contributed by atoms with Gasteiger partial charge in [-0.3, -0.25) is 0 Å². The molecule has 0 aromatic heterocycles. The molecule has 82 valence electrons. The molecule has 3 nitrogen and oxygen atoms in total. The van der Waals surface area contributed by atoms with E-state index < -0.39 is 9.84 Å². The number of benzene rings is 1. The number of hydrogen-bond donors (Lipinski definition) is 1. The van der Waals surface area contributed by atoms with Crippen LogP contribution >= 0.6 is 0 Å². The smallest absolute Gasteiger partial charge is 0.175 e. The van der Waals surface area contributed by atoms with Crippen LogP contribution < -0.4 is 5.32 Å². The zero-order valence-corrected chi connectivity index (χ0v) is 9.76. The molecular weight excluding hydrogens is 210 g/mol. The number of anilines is 1. The Morgan fingerprint density at radius 3 is 2.80 bits per heavy atom. The van der Waals surface area contributed by atoms with E-state index >= 15 is 0 Å². The third kappa shape index (κ3) is 1.86. The van der Waals surface area contributed by atoms with Gasteiger partial charge in [0.25, 0.3) is 0 Å². The van der Waals surface area contributed by atoms with Gasteiger partial charge in [0.1, 0.15) is 0 Å². The summed E-state index contributed by atoms with van der Waals surface area (Å²) in [7, 11) is -3.09. The lowest BCUT2D eigenvalue weighted by Gasteiger charge is -2.06. The summed E-state index contributed by atoms with van der Waals surface area (Å²) in [5.41, 5.74) is 2.22. The highest BCUT2D eigenvalue weighted by atomic mass is 32.2. The molecule has 0 spiro atoms. The number of nitrogens with one attached hydrogen (secondary N) is 1. The van der Waals surface area contributed by atoms with Gasteiger partial charge in [-0.25, -0.2) is 8.42 Å². The third-order valence-electron chi connectivity index (χ3n) is 2.92. The number of hydrogen-bond acceptors (Lipinski definition) is 3. The van der Waals surface area contributed by atoms with Crippen molar-refractivity contribution in [2.45, 2.75) is 24.2 Å². The van der Waals surface area contributed by atoms with E-state index in [2.05, 4.69) is 12.2 Å². The summed E-state index contributed by atoms with van der Waals surface area (Å²) in [4.78, 5) is 0.394. The fraction of sp³-hybridized carbons (Fsp3) is 0.455. The van der Waals surface area contributed by atoms with E-state index in [0.29, 0.717) is 10.8 Å². The number of fused-ring (bicyclic) bond motifs is 1. The molecule has 1 heterocycles. The lowest BCUT2D eigenvalue weighted by Crippen LogP contribution is -1.99. The zero-order valence-electron chi connectivity index (χ0n) is 8.95. The molecule has 0 fully saturated rings. The van der Waals surface area contributed by atoms with Crippen LogP contribution in [0.4, 0.5) is 5.69 Å². The van der Waals surface area contributed by atoms with Crippen molar-refractivity contribution >= 4 is 15.5 Å². The van der Waals surface area contributed by atoms with Crippen LogP contribution in [0, 0.1) is 0 Å². The van der Waals surface area contributed by atoms with Gasteiger partial charge in [-0.15, -0.1) is 0 Å². The minimum atomic E-state index is -3.09. The minimum Gasteiger partial charge on any atom is -0.384 e. The van der Waals surface area contributed by atoms with Gasteiger partial charge in [0, 0.05) is 24.4 Å². The molecule has 0 radical (unpaired) electrons. The summed E-state index contributed by atoms with van der Waals surface area (Å²) >= 11 is 0. The van der Waals surface area contributed by atoms with Gasteiger partial charge >= 0.3 is 0 Å². The van der Waals surface area contributed by atoms with Crippen molar-refractivity contribution in [3.8, 4) is 0 Å². The Morgan fingerprint density at radius 1 is 1.47 bits per heavy atom. The first kappa shape index (κ1) is 10.5. The summed E-state index contributed by atoms with van der Waals surface area (Å²) in [6.07, 6.45) is 2.32. The second-order valence-corrected chi connectivity index (χ2v) is 6.02. The first-order valence-corrected chi connectivity index (χ1v) is 6.99. The van der Waals surface area contributed by atoms with E-state index in [1.807, 2.05) is 6.07 Å². The summed E-state index contributed by atoms with van der Waals surface area (Å²) in [6, 6.07) is 5.37. The molecule has 1 aliphatic heterocycles. The highest BCUT2D eigenvalue weighted by Crippen LogP contribution is 2.34. The highest BCUT2D eigenvalue weighted by molar-refractivity contribution is 7.90. The molecule has 1 unspecified atom stereocenters. The maximum absolute atomic E-state index is 11.4. The SMILES string of the molecule is CCC1CNc2cc(S(C)(=O)=O)ccc21. The van der Waals surface area contributed by atoms with Gasteiger partial charge in [-0.1, -0.05) is 13.0 Å². The van der Waals surface area contributed by atoms with Gasteiger partial charge in [0.2, 0.25) is 0 Å². The second-order valence-electron chi connectivity index (χ2n) is 4.01. The Labute approximate surface area is 90.4 Å². The predicted molar refractivity (Wildman–Crippen MR) is 61.1 cm³/mol. The van der Waals surface area contributed by atoms with Gasteiger partial charge in [0.05, 0.1) is 4.90 Å². The third-order valence-corrected chi connectivity index (χ3v) is 4.03. The summed E-state index contributed by atoms with van der Waals surface area (Å²) < 4.78 is 22.7. The summed E-state index contributed by atoms with van der Waals surface area (Å²) in [5.74, 6) is 0.522. The molecule has 0 saturated carbocycles. The lowest BCUT2D eigenvalue weighted by molar-refractivity contribution is 0.602. The molecule has 0 bridgehead atoms. The van der Waals surface area contributed by atoms with Crippen LogP contribution in [0.25, 0.3) is 0 Å². The van der Waals surface area contributed by atoms with Crippen molar-refractivity contribution < 1.29 is 8.42 Å². The van der Waals surface area contributed by atoms with Crippen LogP contribution in [0.2, 0.25) is 0 Å². The van der Waals surface area contributed by atoms with Crippen molar-refractivity contribution in [1.82, 2.24) is 0 Å². The standard InChI is InChI=1S/C11H15NO2S/c1-3-8-7-12-11-6-9(15(2,13)14)4-5-10(8)11/h4-6,8,12H,3,7H2,1-2H3. The largest absolute Gasteiger partial charge is 0.384 e. The molecule has 1 N–H and O–H groups in total. The van der Waals surface area contributed by atoms with Gasteiger partial charge in [-0.2, -0.15) is 0 Å². The summed E-state index contributed by atoms with van der Waals surface area (Å²) in [5, 5.41) is 3.25. The van der Waals surface area contributed by atoms with E-state index in [0.717, 1.165) is 18.7 Å². The van der Waals surface area contributed by atoms with Crippen LogP contribution in [0.5, 0.6) is 0 Å². The Kier molecular flexibility index (Phi) is 2.46. The monoisotopic (exact) mass is 225 g/mol. The van der Waals surface area contributed by atoms with Gasteiger partial charge in [0.15, 0.2) is 9.84 Å². The molecule has 0 saturated heterocycles. The quantitative estimate of drug-likeness (QED) is 0.837. The lowest BCUT2D eigenvalue weighted by atomic mass is 9.99. The van der Waals surface area contributed by atoms with E-state index in [-0.39, 0.29) is 0 Å². The first-order chi connectivity index (χ1) is 7.02. The molecule has 0 aliphatic carbocycles. The fourth-order valence-corrected chi connectivity index (χ4v) is 2.63. The molecule has 0 amide bonds. The Hall–Kier alpha value is -1.03. The normalized spacial score (nSPS) is 19.7. The Bertz CT molecular complexity index is 479. The van der Waals surface area contributed by atoms with Crippen molar-refractivity contribution in [2.75, 3.05) is 18.1 Å². The Morgan fingerprint density at radius 2 is 2.20 bits per heavy atom. The Balaban J connectivity index is 2.46. The molecule has 15 heavy (non-hydrogen) atoms. The average molecular weight is 225 g/mol. The van der Waals surface area contributed by atoms with Crippen molar-refractivity contribution in [1.29, 1.82) is 0 Å². The zero-order chi connectivity index (χ0) is 11.1. The van der Waals surface area contributed by atoms with Gasteiger partial charge < -0.3 is 5.32 Å². The molecule has 4 heteroatoms. The minimum absolute atomic E-state index is 0.394. The topological polar surface area (TPSA) is 46.2 Å². The second kappa shape index (κ2) is 3.52. The van der Waals surface area contributed by atoms with E-state index in [1.165, 1.54) is 11.8 Å². The first-order valence-electron chi connectivity index (χ1n) is 5.10. The fourth-order valence-electron chi connectivity index (χ4n) is 1.98. The predicted octanol–water partition coefficient (Wildman–Crippen LogP) is 2.01. The number of sulfone groups is 1. The molecular formula is C11H15NO2S. The number of rotatable bonds is 2. The summed E-state index contributed by atoms with van der Waals surface area (Å²) in [6.45, 7) is 3.06. The van der Waals surface area contributed by atoms with Gasteiger partial charge in [-0.05, 0) is 24.1 Å². The van der Waals surface area contributed by atoms with Crippen LogP contribution in [0.15, 0.2) is 23.1 Å². The maximum Gasteiger partial charge on any atom is 0.175 e. The molecule has 1 aromatic carbocycles. The van der Waals surface area contributed by atoms with Crippen molar-refractivity contribution in [2.24, 2.45) is 0 Å². The van der Waals surface area contributed by atoms with Crippen molar-refractivity contribution in [3.63, 3.8) is 0 Å². The van der Waals surface area contributed by atoms with E-state index in [9.17, 15) is 8.42 Å². The van der Waals surface area contributed by atoms with Crippen LogP contribution in [-0.4, -0.2) is 21.2 Å². The van der Waals surface area contributed by atoms with E-state index in [1.54, 1.807) is 12.1 Å². The molecule has 2 rings (SSSR count). The molecule has 1 aromatic rings. The van der Waals surface area contributed by atoms with Crippen LogP contribution in [0.1, 0.15) is 24.8 Å². The van der Waals surface area contributed by atoms with Crippen LogP contribution in [-0.2, 0) is 9.84 Å². The highest BCUT2D eigenvalue weighted by Gasteiger charge is 2.21.